The van der Waals surface area contributed by atoms with Crippen LogP contribution in [0.25, 0.3) is 0 Å². The Bertz CT molecular complexity index is 363. The Kier molecular flexibility index (Phi) is 3.53. The highest BCUT2D eigenvalue weighted by atomic mass is 16.5. The standard InChI is InChI=1S/C12H15NO/c1-9-8-12(14-3)10(2)7-11(9)5-4-6-13/h7-8H,4-5H2,1-3H3. The monoisotopic (exact) mass is 189 g/mol. The summed E-state index contributed by atoms with van der Waals surface area (Å²) in [7, 11) is 1.68. The zero-order chi connectivity index (χ0) is 10.6. The van der Waals surface area contributed by atoms with Gasteiger partial charge in [0.2, 0.25) is 0 Å². The van der Waals surface area contributed by atoms with Gasteiger partial charge in [0, 0.05) is 6.42 Å². The zero-order valence-electron chi connectivity index (χ0n) is 8.92. The predicted molar refractivity (Wildman–Crippen MR) is 56.4 cm³/mol. The summed E-state index contributed by atoms with van der Waals surface area (Å²) < 4.78 is 5.22. The number of ether oxygens (including phenoxy) is 1. The van der Waals surface area contributed by atoms with Crippen molar-refractivity contribution in [1.82, 2.24) is 0 Å². The SMILES string of the molecule is COc1cc(C)c(CCC#N)cc1C. The molecule has 0 saturated heterocycles. The third-order valence-electron chi connectivity index (χ3n) is 2.36. The number of hydrogen-bond donors (Lipinski definition) is 0. The maximum atomic E-state index is 8.51. The minimum atomic E-state index is 0.576. The summed E-state index contributed by atoms with van der Waals surface area (Å²) in [4.78, 5) is 0. The molecule has 0 atom stereocenters. The van der Waals surface area contributed by atoms with Crippen LogP contribution < -0.4 is 4.74 Å². The van der Waals surface area contributed by atoms with E-state index in [4.69, 9.17) is 10.00 Å². The van der Waals surface area contributed by atoms with Gasteiger partial charge < -0.3 is 4.74 Å². The first-order chi connectivity index (χ1) is 6.69. The van der Waals surface area contributed by atoms with E-state index in [0.29, 0.717) is 6.42 Å². The van der Waals surface area contributed by atoms with Gasteiger partial charge in [-0.1, -0.05) is 6.07 Å². The highest BCUT2D eigenvalue weighted by Crippen LogP contribution is 2.23. The van der Waals surface area contributed by atoms with E-state index in [1.54, 1.807) is 7.11 Å². The number of nitrogens with zero attached hydrogens (tertiary/aromatic N) is 1. The number of rotatable bonds is 3. The van der Waals surface area contributed by atoms with Crippen molar-refractivity contribution in [2.24, 2.45) is 0 Å². The first-order valence-electron chi connectivity index (χ1n) is 4.70. The fraction of sp³-hybridized carbons (Fsp3) is 0.417. The van der Waals surface area contributed by atoms with Crippen LogP contribution in [0.2, 0.25) is 0 Å². The lowest BCUT2D eigenvalue weighted by Gasteiger charge is -2.09. The molecule has 0 aromatic heterocycles. The third kappa shape index (κ3) is 2.26. The van der Waals surface area contributed by atoms with E-state index in [-0.39, 0.29) is 0 Å². The summed E-state index contributed by atoms with van der Waals surface area (Å²) in [5.74, 6) is 0.920. The second-order valence-electron chi connectivity index (χ2n) is 3.41. The molecule has 0 spiro atoms. The highest BCUT2D eigenvalue weighted by molar-refractivity contribution is 5.41. The van der Waals surface area contributed by atoms with Crippen molar-refractivity contribution in [3.63, 3.8) is 0 Å². The molecule has 0 fully saturated rings. The van der Waals surface area contributed by atoms with E-state index in [1.807, 2.05) is 13.0 Å². The molecule has 0 aliphatic rings. The van der Waals surface area contributed by atoms with Crippen LogP contribution in [0, 0.1) is 25.2 Å². The van der Waals surface area contributed by atoms with Gasteiger partial charge in [0.05, 0.1) is 13.2 Å². The quantitative estimate of drug-likeness (QED) is 0.732. The Morgan fingerprint density at radius 3 is 2.57 bits per heavy atom. The van der Waals surface area contributed by atoms with Crippen LogP contribution in [0.15, 0.2) is 12.1 Å². The second kappa shape index (κ2) is 4.66. The van der Waals surface area contributed by atoms with Gasteiger partial charge in [-0.2, -0.15) is 5.26 Å². The van der Waals surface area contributed by atoms with Crippen molar-refractivity contribution in [3.05, 3.63) is 28.8 Å². The molecule has 0 radical (unpaired) electrons. The molecular formula is C12H15NO. The van der Waals surface area contributed by atoms with Crippen LogP contribution in [0.1, 0.15) is 23.1 Å². The Hall–Kier alpha value is -1.49. The maximum Gasteiger partial charge on any atom is 0.122 e. The molecule has 14 heavy (non-hydrogen) atoms. The number of aryl methyl sites for hydroxylation is 3. The molecule has 1 aromatic carbocycles. The molecule has 2 nitrogen and oxygen atoms in total. The van der Waals surface area contributed by atoms with Crippen LogP contribution in [-0.2, 0) is 6.42 Å². The van der Waals surface area contributed by atoms with Gasteiger partial charge in [0.15, 0.2) is 0 Å². The molecule has 74 valence electrons. The van der Waals surface area contributed by atoms with E-state index in [0.717, 1.165) is 17.7 Å². The molecule has 0 bridgehead atoms. The van der Waals surface area contributed by atoms with Gasteiger partial charge in [-0.3, -0.25) is 0 Å². The lowest BCUT2D eigenvalue weighted by Crippen LogP contribution is -1.94. The highest BCUT2D eigenvalue weighted by Gasteiger charge is 2.04. The fourth-order valence-corrected chi connectivity index (χ4v) is 1.53. The summed E-state index contributed by atoms with van der Waals surface area (Å²) >= 11 is 0. The number of nitriles is 1. The minimum absolute atomic E-state index is 0.576. The first kappa shape index (κ1) is 10.6. The van der Waals surface area contributed by atoms with Crippen molar-refractivity contribution in [2.45, 2.75) is 26.7 Å². The summed E-state index contributed by atoms with van der Waals surface area (Å²) in [6, 6.07) is 6.29. The van der Waals surface area contributed by atoms with Crippen molar-refractivity contribution < 1.29 is 4.74 Å². The number of benzene rings is 1. The van der Waals surface area contributed by atoms with Crippen LogP contribution in [0.5, 0.6) is 5.75 Å². The van der Waals surface area contributed by atoms with Crippen molar-refractivity contribution in [3.8, 4) is 11.8 Å². The number of hydrogen-bond acceptors (Lipinski definition) is 2. The Morgan fingerprint density at radius 1 is 1.29 bits per heavy atom. The van der Waals surface area contributed by atoms with Crippen LogP contribution in [0.3, 0.4) is 0 Å². The third-order valence-corrected chi connectivity index (χ3v) is 2.36. The lowest BCUT2D eigenvalue weighted by atomic mass is 10.0. The van der Waals surface area contributed by atoms with Crippen LogP contribution in [-0.4, -0.2) is 7.11 Å². The van der Waals surface area contributed by atoms with Crippen LogP contribution in [0.4, 0.5) is 0 Å². The van der Waals surface area contributed by atoms with Gasteiger partial charge in [-0.05, 0) is 43.0 Å². The molecule has 0 unspecified atom stereocenters. The molecule has 0 aliphatic carbocycles. The molecule has 1 rings (SSSR count). The fourth-order valence-electron chi connectivity index (χ4n) is 1.53. The largest absolute Gasteiger partial charge is 0.496 e. The zero-order valence-corrected chi connectivity index (χ0v) is 8.92. The molecule has 0 aliphatic heterocycles. The van der Waals surface area contributed by atoms with Crippen molar-refractivity contribution >= 4 is 0 Å². The van der Waals surface area contributed by atoms with Gasteiger partial charge >= 0.3 is 0 Å². The van der Waals surface area contributed by atoms with Crippen LogP contribution >= 0.6 is 0 Å². The van der Waals surface area contributed by atoms with E-state index >= 15 is 0 Å². The summed E-state index contributed by atoms with van der Waals surface area (Å²) in [5, 5.41) is 8.51. The lowest BCUT2D eigenvalue weighted by molar-refractivity contribution is 0.411. The summed E-state index contributed by atoms with van der Waals surface area (Å²) in [6.07, 6.45) is 1.40. The van der Waals surface area contributed by atoms with E-state index in [1.165, 1.54) is 11.1 Å². The first-order valence-corrected chi connectivity index (χ1v) is 4.70. The van der Waals surface area contributed by atoms with Gasteiger partial charge in [-0.15, -0.1) is 0 Å². The second-order valence-corrected chi connectivity index (χ2v) is 3.41. The average molecular weight is 189 g/mol. The normalized spacial score (nSPS) is 9.57. The average Bonchev–Trinajstić information content (AvgIpc) is 2.18. The minimum Gasteiger partial charge on any atom is -0.496 e. The molecule has 1 aromatic rings. The smallest absolute Gasteiger partial charge is 0.122 e. The molecule has 0 saturated carbocycles. The van der Waals surface area contributed by atoms with Crippen molar-refractivity contribution in [2.75, 3.05) is 7.11 Å². The van der Waals surface area contributed by atoms with E-state index < -0.39 is 0 Å². The molecule has 0 N–H and O–H groups in total. The Balaban J connectivity index is 2.97. The van der Waals surface area contributed by atoms with Crippen molar-refractivity contribution in [1.29, 1.82) is 5.26 Å². The predicted octanol–water partition coefficient (Wildman–Crippen LogP) is 2.77. The molecule has 0 heterocycles. The van der Waals surface area contributed by atoms with Gasteiger partial charge in [-0.25, -0.2) is 0 Å². The summed E-state index contributed by atoms with van der Waals surface area (Å²) in [6.45, 7) is 4.07. The van der Waals surface area contributed by atoms with Gasteiger partial charge in [0.25, 0.3) is 0 Å². The van der Waals surface area contributed by atoms with Gasteiger partial charge in [0.1, 0.15) is 5.75 Å². The van der Waals surface area contributed by atoms with E-state index in [2.05, 4.69) is 19.1 Å². The Labute approximate surface area is 85.1 Å². The topological polar surface area (TPSA) is 33.0 Å². The molecular weight excluding hydrogens is 174 g/mol. The maximum absolute atomic E-state index is 8.51. The van der Waals surface area contributed by atoms with E-state index in [9.17, 15) is 0 Å². The summed E-state index contributed by atoms with van der Waals surface area (Å²) in [5.41, 5.74) is 3.57. The molecule has 2 heteroatoms. The Morgan fingerprint density at radius 2 is 2.00 bits per heavy atom. The number of methoxy groups -OCH3 is 1. The molecule has 0 amide bonds.